The number of aliphatic hydroxyl groups is 2. The highest BCUT2D eigenvalue weighted by Crippen LogP contribution is 2.39. The second kappa shape index (κ2) is 5.98. The molecule has 2 rings (SSSR count). The monoisotopic (exact) mass is 320 g/mol. The Kier molecular flexibility index (Phi) is 4.91. The molecule has 0 aliphatic carbocycles. The SMILES string of the molecule is CC1(C)O[C@H]([C@H](O)CO)[C@@H](CC2OOC(C)(C)C(C)(C)O2)O1. The van der Waals surface area contributed by atoms with Gasteiger partial charge in [0.05, 0.1) is 18.3 Å². The summed E-state index contributed by atoms with van der Waals surface area (Å²) in [6.07, 6.45) is -2.46. The van der Waals surface area contributed by atoms with E-state index < -0.39 is 48.2 Å². The van der Waals surface area contributed by atoms with Gasteiger partial charge in [0.2, 0.25) is 0 Å². The molecule has 0 aromatic heterocycles. The maximum Gasteiger partial charge on any atom is 0.194 e. The van der Waals surface area contributed by atoms with E-state index in [4.69, 9.17) is 29.1 Å². The van der Waals surface area contributed by atoms with Crippen molar-refractivity contribution in [2.75, 3.05) is 6.61 Å². The van der Waals surface area contributed by atoms with E-state index in [0.717, 1.165) is 0 Å². The lowest BCUT2D eigenvalue weighted by Gasteiger charge is -2.46. The van der Waals surface area contributed by atoms with E-state index in [9.17, 15) is 5.11 Å². The average Bonchev–Trinajstić information content (AvgIpc) is 2.68. The molecule has 0 amide bonds. The van der Waals surface area contributed by atoms with E-state index in [-0.39, 0.29) is 0 Å². The molecule has 7 nitrogen and oxygen atoms in total. The van der Waals surface area contributed by atoms with Gasteiger partial charge in [0.25, 0.3) is 0 Å². The summed E-state index contributed by atoms with van der Waals surface area (Å²) < 4.78 is 17.4. The van der Waals surface area contributed by atoms with Crippen LogP contribution in [0, 0.1) is 0 Å². The molecule has 2 fully saturated rings. The van der Waals surface area contributed by atoms with Crippen molar-refractivity contribution in [2.45, 2.75) is 89.6 Å². The van der Waals surface area contributed by atoms with Gasteiger partial charge < -0.3 is 24.4 Å². The van der Waals surface area contributed by atoms with Crippen molar-refractivity contribution in [1.82, 2.24) is 0 Å². The molecule has 2 aliphatic heterocycles. The van der Waals surface area contributed by atoms with E-state index in [0.29, 0.717) is 6.42 Å². The van der Waals surface area contributed by atoms with Crippen molar-refractivity contribution in [2.24, 2.45) is 0 Å². The van der Waals surface area contributed by atoms with Gasteiger partial charge in [0.15, 0.2) is 12.1 Å². The van der Waals surface area contributed by atoms with Crippen LogP contribution in [0.5, 0.6) is 0 Å². The molecule has 2 aliphatic rings. The molecule has 0 bridgehead atoms. The van der Waals surface area contributed by atoms with Crippen LogP contribution in [0.1, 0.15) is 48.0 Å². The fraction of sp³-hybridized carbons (Fsp3) is 1.00. The molecule has 1 unspecified atom stereocenters. The molecule has 2 N–H and O–H groups in total. The fourth-order valence-electron chi connectivity index (χ4n) is 2.52. The molecule has 0 radical (unpaired) electrons. The standard InChI is InChI=1S/C15H28O7/c1-13(2)14(3,4)22-21-11(19-13)7-10-12(9(17)8-16)20-15(5,6)18-10/h9-12,16-17H,7-8H2,1-6H3/t9-,10-,11?,12-/m1/s1. The number of hydrogen-bond acceptors (Lipinski definition) is 7. The summed E-state index contributed by atoms with van der Waals surface area (Å²) in [5.74, 6) is -0.838. The molecule has 0 aromatic rings. The third-order valence-corrected chi connectivity index (χ3v) is 4.45. The van der Waals surface area contributed by atoms with Crippen molar-refractivity contribution in [1.29, 1.82) is 0 Å². The Hall–Kier alpha value is -0.280. The second-order valence-electron chi connectivity index (χ2n) is 7.37. The minimum Gasteiger partial charge on any atom is -0.394 e. The van der Waals surface area contributed by atoms with Gasteiger partial charge in [-0.25, -0.2) is 9.78 Å². The quantitative estimate of drug-likeness (QED) is 0.750. The number of hydrogen-bond donors (Lipinski definition) is 2. The van der Waals surface area contributed by atoms with Gasteiger partial charge in [-0.2, -0.15) is 0 Å². The van der Waals surface area contributed by atoms with Crippen molar-refractivity contribution >= 4 is 0 Å². The Balaban J connectivity index is 2.03. The minimum absolute atomic E-state index is 0.324. The lowest BCUT2D eigenvalue weighted by atomic mass is 9.89. The maximum absolute atomic E-state index is 9.91. The Labute approximate surface area is 131 Å². The summed E-state index contributed by atoms with van der Waals surface area (Å²) in [5, 5.41) is 19.1. The first-order chi connectivity index (χ1) is 9.97. The third kappa shape index (κ3) is 3.62. The zero-order valence-corrected chi connectivity index (χ0v) is 14.2. The predicted molar refractivity (Wildman–Crippen MR) is 76.7 cm³/mol. The van der Waals surface area contributed by atoms with Gasteiger partial charge in [0.1, 0.15) is 17.8 Å². The molecular formula is C15H28O7. The van der Waals surface area contributed by atoms with Crippen LogP contribution in [-0.4, -0.2) is 58.4 Å². The van der Waals surface area contributed by atoms with E-state index in [1.54, 1.807) is 13.8 Å². The molecule has 4 atom stereocenters. The highest BCUT2D eigenvalue weighted by atomic mass is 17.2. The van der Waals surface area contributed by atoms with Crippen LogP contribution in [0.4, 0.5) is 0 Å². The smallest absolute Gasteiger partial charge is 0.194 e. The second-order valence-corrected chi connectivity index (χ2v) is 7.37. The van der Waals surface area contributed by atoms with Gasteiger partial charge in [-0.05, 0) is 41.5 Å². The van der Waals surface area contributed by atoms with Crippen LogP contribution in [0.3, 0.4) is 0 Å². The first-order valence-electron chi connectivity index (χ1n) is 7.64. The van der Waals surface area contributed by atoms with E-state index in [1.165, 1.54) is 0 Å². The predicted octanol–water partition coefficient (Wildman–Crippen LogP) is 1.11. The zero-order chi connectivity index (χ0) is 16.8. The van der Waals surface area contributed by atoms with Crippen LogP contribution >= 0.6 is 0 Å². The summed E-state index contributed by atoms with van der Waals surface area (Å²) in [4.78, 5) is 10.8. The van der Waals surface area contributed by atoms with Crippen LogP contribution in [-0.2, 0) is 24.0 Å². The van der Waals surface area contributed by atoms with Gasteiger partial charge in [-0.15, -0.1) is 0 Å². The van der Waals surface area contributed by atoms with Crippen LogP contribution in [0.25, 0.3) is 0 Å². The molecule has 7 heteroatoms. The van der Waals surface area contributed by atoms with Crippen molar-refractivity contribution in [3.05, 3.63) is 0 Å². The minimum atomic E-state index is -1.03. The van der Waals surface area contributed by atoms with Crippen LogP contribution < -0.4 is 0 Å². The largest absolute Gasteiger partial charge is 0.394 e. The Bertz CT molecular complexity index is 393. The van der Waals surface area contributed by atoms with Crippen molar-refractivity contribution in [3.8, 4) is 0 Å². The summed E-state index contributed by atoms with van der Waals surface area (Å²) in [6.45, 7) is 10.8. The molecule has 2 saturated heterocycles. The number of aliphatic hydroxyl groups excluding tert-OH is 2. The molecule has 2 heterocycles. The van der Waals surface area contributed by atoms with Crippen molar-refractivity contribution < 1.29 is 34.2 Å². The molecule has 0 aromatic carbocycles. The number of ether oxygens (including phenoxy) is 3. The van der Waals surface area contributed by atoms with E-state index >= 15 is 0 Å². The average molecular weight is 320 g/mol. The summed E-state index contributed by atoms with van der Waals surface area (Å²) in [6, 6.07) is 0. The summed E-state index contributed by atoms with van der Waals surface area (Å²) >= 11 is 0. The number of rotatable bonds is 4. The zero-order valence-electron chi connectivity index (χ0n) is 14.2. The molecule has 130 valence electrons. The van der Waals surface area contributed by atoms with E-state index in [1.807, 2.05) is 27.7 Å². The Morgan fingerprint density at radius 2 is 1.59 bits per heavy atom. The Morgan fingerprint density at radius 3 is 2.14 bits per heavy atom. The molecule has 0 saturated carbocycles. The Morgan fingerprint density at radius 1 is 0.955 bits per heavy atom. The molecule has 22 heavy (non-hydrogen) atoms. The summed E-state index contributed by atoms with van der Waals surface area (Å²) in [5.41, 5.74) is -1.13. The first kappa shape index (κ1) is 18.1. The normalized spacial score (nSPS) is 37.9. The van der Waals surface area contributed by atoms with Crippen LogP contribution in [0.15, 0.2) is 0 Å². The maximum atomic E-state index is 9.91. The molecule has 0 spiro atoms. The fourth-order valence-corrected chi connectivity index (χ4v) is 2.52. The van der Waals surface area contributed by atoms with E-state index in [2.05, 4.69) is 0 Å². The highest BCUT2D eigenvalue weighted by molar-refractivity contribution is 4.92. The summed E-state index contributed by atoms with van der Waals surface area (Å²) in [7, 11) is 0. The lowest BCUT2D eigenvalue weighted by molar-refractivity contribution is -0.502. The van der Waals surface area contributed by atoms with Gasteiger partial charge >= 0.3 is 0 Å². The van der Waals surface area contributed by atoms with Gasteiger partial charge in [-0.1, -0.05) is 0 Å². The first-order valence-corrected chi connectivity index (χ1v) is 7.64. The third-order valence-electron chi connectivity index (χ3n) is 4.45. The van der Waals surface area contributed by atoms with Crippen LogP contribution in [0.2, 0.25) is 0 Å². The van der Waals surface area contributed by atoms with Gasteiger partial charge in [-0.3, -0.25) is 0 Å². The topological polar surface area (TPSA) is 86.6 Å². The molecular weight excluding hydrogens is 292 g/mol. The van der Waals surface area contributed by atoms with Gasteiger partial charge in [0, 0.05) is 6.42 Å². The highest BCUT2D eigenvalue weighted by Gasteiger charge is 2.50. The lowest BCUT2D eigenvalue weighted by Crippen LogP contribution is -2.57. The van der Waals surface area contributed by atoms with Crippen molar-refractivity contribution in [3.63, 3.8) is 0 Å².